The van der Waals surface area contributed by atoms with E-state index in [9.17, 15) is 14.4 Å². The van der Waals surface area contributed by atoms with E-state index in [0.717, 1.165) is 96.3 Å². The van der Waals surface area contributed by atoms with Gasteiger partial charge in [-0.15, -0.1) is 0 Å². The van der Waals surface area contributed by atoms with Gasteiger partial charge in [0.25, 0.3) is 0 Å². The minimum atomic E-state index is -0.785. The summed E-state index contributed by atoms with van der Waals surface area (Å²) < 4.78 is 16.8. The van der Waals surface area contributed by atoms with Gasteiger partial charge in [-0.25, -0.2) is 0 Å². The van der Waals surface area contributed by atoms with Crippen LogP contribution in [-0.4, -0.2) is 37.2 Å². The normalized spacial score (nSPS) is 12.4. The number of carbonyl (C=O) groups is 3. The lowest BCUT2D eigenvalue weighted by Crippen LogP contribution is -2.30. The minimum Gasteiger partial charge on any atom is -0.462 e. The van der Waals surface area contributed by atoms with Crippen LogP contribution < -0.4 is 0 Å². The maximum atomic E-state index is 12.8. The van der Waals surface area contributed by atoms with Gasteiger partial charge in [0, 0.05) is 19.3 Å². The second kappa shape index (κ2) is 50.0. The SMILES string of the molecule is CCCCC/C=C/C/C=C/CCCCCCCC(=O)OC(COC(=O)CCCCCCC/C=C/CCCCCC)COC(=O)CCCCCCC/C=C/CCCCCCCC. The highest BCUT2D eigenvalue weighted by Gasteiger charge is 2.19. The first-order valence-corrected chi connectivity index (χ1v) is 26.1. The number of unbranched alkanes of at least 4 members (excludes halogenated alkanes) is 28. The average molecular weight is 855 g/mol. The van der Waals surface area contributed by atoms with E-state index >= 15 is 0 Å². The van der Waals surface area contributed by atoms with Crippen LogP contribution in [0.3, 0.4) is 0 Å². The predicted octanol–water partition coefficient (Wildman–Crippen LogP) is 17.1. The highest BCUT2D eigenvalue weighted by atomic mass is 16.6. The third kappa shape index (κ3) is 48.3. The van der Waals surface area contributed by atoms with Crippen molar-refractivity contribution in [3.8, 4) is 0 Å². The lowest BCUT2D eigenvalue weighted by molar-refractivity contribution is -0.167. The molecule has 6 heteroatoms. The molecule has 0 saturated carbocycles. The molecule has 0 aliphatic rings. The second-order valence-corrected chi connectivity index (χ2v) is 17.4. The highest BCUT2D eigenvalue weighted by molar-refractivity contribution is 5.71. The lowest BCUT2D eigenvalue weighted by Gasteiger charge is -2.18. The number of esters is 3. The summed E-state index contributed by atoms with van der Waals surface area (Å²) in [5.41, 5.74) is 0. The van der Waals surface area contributed by atoms with E-state index in [1.54, 1.807) is 0 Å². The summed E-state index contributed by atoms with van der Waals surface area (Å²) in [6, 6.07) is 0. The predicted molar refractivity (Wildman–Crippen MR) is 261 cm³/mol. The first-order valence-electron chi connectivity index (χ1n) is 26.1. The molecule has 0 rings (SSSR count). The summed E-state index contributed by atoms with van der Waals surface area (Å²) in [6.07, 6.45) is 59.4. The molecule has 0 heterocycles. The summed E-state index contributed by atoms with van der Waals surface area (Å²) in [6.45, 7) is 6.58. The molecule has 0 aromatic carbocycles. The molecule has 354 valence electrons. The molecule has 0 aromatic rings. The van der Waals surface area contributed by atoms with Crippen molar-refractivity contribution in [3.05, 3.63) is 48.6 Å². The fourth-order valence-corrected chi connectivity index (χ4v) is 7.28. The molecule has 0 saturated heterocycles. The zero-order chi connectivity index (χ0) is 44.4. The highest BCUT2D eigenvalue weighted by Crippen LogP contribution is 2.14. The molecule has 0 spiro atoms. The Morgan fingerprint density at radius 3 is 0.967 bits per heavy atom. The molecule has 0 amide bonds. The smallest absolute Gasteiger partial charge is 0.306 e. The van der Waals surface area contributed by atoms with Crippen LogP contribution in [0.1, 0.15) is 265 Å². The molecule has 0 fully saturated rings. The van der Waals surface area contributed by atoms with Gasteiger partial charge in [-0.05, 0) is 103 Å². The van der Waals surface area contributed by atoms with Crippen molar-refractivity contribution in [3.63, 3.8) is 0 Å². The van der Waals surface area contributed by atoms with Crippen LogP contribution in [0.5, 0.6) is 0 Å². The third-order valence-corrected chi connectivity index (χ3v) is 11.3. The second-order valence-electron chi connectivity index (χ2n) is 17.4. The Bertz CT molecular complexity index is 1070. The summed E-state index contributed by atoms with van der Waals surface area (Å²) in [4.78, 5) is 38.0. The number of rotatable bonds is 47. The van der Waals surface area contributed by atoms with Crippen molar-refractivity contribution in [2.45, 2.75) is 271 Å². The van der Waals surface area contributed by atoms with Crippen LogP contribution in [0.15, 0.2) is 48.6 Å². The molecule has 0 bridgehead atoms. The first kappa shape index (κ1) is 58.4. The Labute approximate surface area is 378 Å². The van der Waals surface area contributed by atoms with Crippen LogP contribution in [0.4, 0.5) is 0 Å². The minimum absolute atomic E-state index is 0.0850. The van der Waals surface area contributed by atoms with Gasteiger partial charge in [-0.2, -0.15) is 0 Å². The molecule has 0 radical (unpaired) electrons. The van der Waals surface area contributed by atoms with Crippen LogP contribution in [0.25, 0.3) is 0 Å². The Kier molecular flexibility index (Phi) is 47.9. The van der Waals surface area contributed by atoms with Crippen LogP contribution >= 0.6 is 0 Å². The Balaban J connectivity index is 4.42. The molecule has 0 N–H and O–H groups in total. The zero-order valence-electron chi connectivity index (χ0n) is 40.4. The van der Waals surface area contributed by atoms with Crippen molar-refractivity contribution in [1.29, 1.82) is 0 Å². The molecule has 6 nitrogen and oxygen atoms in total. The summed E-state index contributed by atoms with van der Waals surface area (Å²) in [5, 5.41) is 0. The van der Waals surface area contributed by atoms with E-state index in [2.05, 4.69) is 69.4 Å². The quantitative estimate of drug-likeness (QED) is 0.0263. The van der Waals surface area contributed by atoms with Crippen molar-refractivity contribution < 1.29 is 28.6 Å². The number of allylic oxidation sites excluding steroid dienone is 8. The Hall–Kier alpha value is -2.63. The van der Waals surface area contributed by atoms with Crippen molar-refractivity contribution in [2.75, 3.05) is 13.2 Å². The molecule has 61 heavy (non-hydrogen) atoms. The molecular weight excluding hydrogens is 757 g/mol. The molecule has 1 unspecified atom stereocenters. The maximum Gasteiger partial charge on any atom is 0.306 e. The average Bonchev–Trinajstić information content (AvgIpc) is 3.26. The number of hydrogen-bond donors (Lipinski definition) is 0. The van der Waals surface area contributed by atoms with E-state index in [4.69, 9.17) is 14.2 Å². The van der Waals surface area contributed by atoms with Crippen molar-refractivity contribution >= 4 is 17.9 Å². The van der Waals surface area contributed by atoms with Crippen molar-refractivity contribution in [2.24, 2.45) is 0 Å². The molecule has 0 aliphatic carbocycles. The van der Waals surface area contributed by atoms with Gasteiger partial charge in [0.15, 0.2) is 6.10 Å². The fourth-order valence-electron chi connectivity index (χ4n) is 7.28. The standard InChI is InChI=1S/C55H98O6/c1-4-7-10-13-16-19-22-25-27-30-33-36-39-42-45-48-54(57)60-51-52(50-59-53(56)47-44-41-38-35-32-29-24-21-18-15-12-9-6-3)61-55(58)49-46-43-40-37-34-31-28-26-23-20-17-14-11-8-5-2/h17,20-21,24-28,52H,4-16,18-19,22-23,29-51H2,1-3H3/b20-17+,24-21+,27-25+,28-26+. The van der Waals surface area contributed by atoms with Gasteiger partial charge in [0.05, 0.1) is 0 Å². The van der Waals surface area contributed by atoms with Gasteiger partial charge >= 0.3 is 17.9 Å². The molecular formula is C55H98O6. The maximum absolute atomic E-state index is 12.8. The molecule has 0 aliphatic heterocycles. The van der Waals surface area contributed by atoms with Crippen LogP contribution in [-0.2, 0) is 28.6 Å². The summed E-state index contributed by atoms with van der Waals surface area (Å²) >= 11 is 0. The Morgan fingerprint density at radius 1 is 0.328 bits per heavy atom. The number of carbonyl (C=O) groups excluding carboxylic acids is 3. The topological polar surface area (TPSA) is 78.9 Å². The number of ether oxygens (including phenoxy) is 3. The van der Waals surface area contributed by atoms with E-state index in [-0.39, 0.29) is 31.1 Å². The lowest BCUT2D eigenvalue weighted by atomic mass is 10.1. The van der Waals surface area contributed by atoms with E-state index in [1.165, 1.54) is 128 Å². The molecule has 1 atom stereocenters. The summed E-state index contributed by atoms with van der Waals surface area (Å²) in [7, 11) is 0. The zero-order valence-corrected chi connectivity index (χ0v) is 40.4. The first-order chi connectivity index (χ1) is 30.0. The van der Waals surface area contributed by atoms with E-state index in [0.29, 0.717) is 19.3 Å². The fraction of sp³-hybridized carbons (Fsp3) is 0.800. The Morgan fingerprint density at radius 2 is 0.590 bits per heavy atom. The van der Waals surface area contributed by atoms with E-state index < -0.39 is 6.10 Å². The molecule has 0 aromatic heterocycles. The summed E-state index contributed by atoms with van der Waals surface area (Å²) in [5.74, 6) is -0.909. The van der Waals surface area contributed by atoms with Gasteiger partial charge in [0.2, 0.25) is 0 Å². The van der Waals surface area contributed by atoms with Crippen molar-refractivity contribution in [1.82, 2.24) is 0 Å². The van der Waals surface area contributed by atoms with Gasteiger partial charge < -0.3 is 14.2 Å². The monoisotopic (exact) mass is 855 g/mol. The third-order valence-electron chi connectivity index (χ3n) is 11.3. The largest absolute Gasteiger partial charge is 0.462 e. The number of hydrogen-bond acceptors (Lipinski definition) is 6. The van der Waals surface area contributed by atoms with Crippen LogP contribution in [0.2, 0.25) is 0 Å². The van der Waals surface area contributed by atoms with E-state index in [1.807, 2.05) is 0 Å². The van der Waals surface area contributed by atoms with Gasteiger partial charge in [-0.3, -0.25) is 14.4 Å². The van der Waals surface area contributed by atoms with Gasteiger partial charge in [-0.1, -0.05) is 191 Å². The van der Waals surface area contributed by atoms with Crippen LogP contribution in [0, 0.1) is 0 Å². The van der Waals surface area contributed by atoms with Gasteiger partial charge in [0.1, 0.15) is 13.2 Å².